The summed E-state index contributed by atoms with van der Waals surface area (Å²) in [6.07, 6.45) is 1.41. The van der Waals surface area contributed by atoms with Crippen LogP contribution >= 0.6 is 0 Å². The van der Waals surface area contributed by atoms with E-state index >= 15 is 0 Å². The fourth-order valence-electron chi connectivity index (χ4n) is 2.95. The highest BCUT2D eigenvalue weighted by atomic mass is 16.3. The molecule has 0 aliphatic rings. The first-order chi connectivity index (χ1) is 14.3. The molecular weight excluding hydrogens is 382 g/mol. The van der Waals surface area contributed by atoms with E-state index in [4.69, 9.17) is 4.42 Å². The number of amides is 3. The average molecular weight is 405 g/mol. The third kappa shape index (κ3) is 4.94. The van der Waals surface area contributed by atoms with Crippen molar-refractivity contribution in [3.8, 4) is 0 Å². The summed E-state index contributed by atoms with van der Waals surface area (Å²) in [4.78, 5) is 36.9. The number of benzene rings is 2. The maximum atomic E-state index is 12.5. The van der Waals surface area contributed by atoms with E-state index in [-0.39, 0.29) is 18.2 Å². The van der Waals surface area contributed by atoms with Gasteiger partial charge in [0.1, 0.15) is 0 Å². The van der Waals surface area contributed by atoms with Crippen LogP contribution in [-0.4, -0.2) is 24.3 Å². The molecule has 0 saturated heterocycles. The number of carbonyl (C=O) groups is 3. The molecule has 0 fully saturated rings. The standard InChI is InChI=1S/C23H23N3O4/c1-14-9-10-17(12-18(14)25-23(29)19-8-5-11-30-19)22(28)24-13-20(27)26-21-15(2)6-4-7-16(21)3/h4-12H,13H2,1-3H3,(H,24,28)(H,25,29)(H,26,27). The SMILES string of the molecule is Cc1ccc(C(=O)NCC(=O)Nc2c(C)cccc2C)cc1NC(=O)c1ccco1. The minimum absolute atomic E-state index is 0.172. The van der Waals surface area contributed by atoms with Gasteiger partial charge in [-0.05, 0) is 61.7 Å². The first-order valence-corrected chi connectivity index (χ1v) is 9.45. The van der Waals surface area contributed by atoms with Gasteiger partial charge >= 0.3 is 0 Å². The molecule has 7 heteroatoms. The van der Waals surface area contributed by atoms with Crippen LogP contribution in [0.15, 0.2) is 59.2 Å². The first-order valence-electron chi connectivity index (χ1n) is 9.45. The maximum Gasteiger partial charge on any atom is 0.291 e. The van der Waals surface area contributed by atoms with Crippen molar-refractivity contribution < 1.29 is 18.8 Å². The van der Waals surface area contributed by atoms with E-state index < -0.39 is 11.8 Å². The van der Waals surface area contributed by atoms with Gasteiger partial charge in [0, 0.05) is 16.9 Å². The van der Waals surface area contributed by atoms with E-state index in [1.54, 1.807) is 30.3 Å². The largest absolute Gasteiger partial charge is 0.459 e. The van der Waals surface area contributed by atoms with Crippen LogP contribution in [0.3, 0.4) is 0 Å². The number of para-hydroxylation sites is 1. The molecule has 0 atom stereocenters. The minimum Gasteiger partial charge on any atom is -0.459 e. The smallest absolute Gasteiger partial charge is 0.291 e. The second kappa shape index (κ2) is 9.09. The lowest BCUT2D eigenvalue weighted by molar-refractivity contribution is -0.115. The lowest BCUT2D eigenvalue weighted by Gasteiger charge is -2.13. The second-order valence-corrected chi connectivity index (χ2v) is 6.96. The molecule has 0 bridgehead atoms. The lowest BCUT2D eigenvalue weighted by atomic mass is 10.1. The summed E-state index contributed by atoms with van der Waals surface area (Å²) in [6.45, 7) is 5.46. The Hall–Kier alpha value is -3.87. The summed E-state index contributed by atoms with van der Waals surface area (Å²) in [5, 5.41) is 8.16. The van der Waals surface area contributed by atoms with Crippen molar-refractivity contribution in [2.45, 2.75) is 20.8 Å². The van der Waals surface area contributed by atoms with Crippen molar-refractivity contribution in [1.82, 2.24) is 5.32 Å². The topological polar surface area (TPSA) is 100 Å². The van der Waals surface area contributed by atoms with Gasteiger partial charge in [-0.3, -0.25) is 14.4 Å². The predicted molar refractivity (Wildman–Crippen MR) is 115 cm³/mol. The Balaban J connectivity index is 1.62. The highest BCUT2D eigenvalue weighted by Crippen LogP contribution is 2.20. The molecule has 1 aromatic heterocycles. The number of hydrogen-bond acceptors (Lipinski definition) is 4. The van der Waals surface area contributed by atoms with E-state index in [9.17, 15) is 14.4 Å². The van der Waals surface area contributed by atoms with Crippen molar-refractivity contribution in [3.05, 3.63) is 82.8 Å². The molecule has 3 rings (SSSR count). The summed E-state index contributed by atoms with van der Waals surface area (Å²) < 4.78 is 5.08. The number of furan rings is 1. The molecular formula is C23H23N3O4. The number of rotatable bonds is 6. The van der Waals surface area contributed by atoms with E-state index in [1.807, 2.05) is 39.0 Å². The molecule has 0 spiro atoms. The van der Waals surface area contributed by atoms with E-state index in [0.29, 0.717) is 11.3 Å². The van der Waals surface area contributed by atoms with Gasteiger partial charge in [0.2, 0.25) is 5.91 Å². The summed E-state index contributed by atoms with van der Waals surface area (Å²) >= 11 is 0. The minimum atomic E-state index is -0.417. The molecule has 154 valence electrons. The molecule has 0 aliphatic heterocycles. The van der Waals surface area contributed by atoms with Crippen molar-refractivity contribution in [3.63, 3.8) is 0 Å². The molecule has 2 aromatic carbocycles. The fourth-order valence-corrected chi connectivity index (χ4v) is 2.95. The van der Waals surface area contributed by atoms with Gasteiger partial charge < -0.3 is 20.4 Å². The zero-order valence-corrected chi connectivity index (χ0v) is 17.0. The maximum absolute atomic E-state index is 12.5. The van der Waals surface area contributed by atoms with Crippen LogP contribution in [0, 0.1) is 20.8 Å². The van der Waals surface area contributed by atoms with Gasteiger partial charge in [0.05, 0.1) is 12.8 Å². The van der Waals surface area contributed by atoms with Crippen LogP contribution in [0.5, 0.6) is 0 Å². The quantitative estimate of drug-likeness (QED) is 0.580. The highest BCUT2D eigenvalue weighted by Gasteiger charge is 2.14. The Morgan fingerprint density at radius 3 is 2.23 bits per heavy atom. The second-order valence-electron chi connectivity index (χ2n) is 6.96. The number of hydrogen-bond donors (Lipinski definition) is 3. The summed E-state index contributed by atoms with van der Waals surface area (Å²) in [7, 11) is 0. The number of nitrogens with one attached hydrogen (secondary N) is 3. The molecule has 7 nitrogen and oxygen atoms in total. The van der Waals surface area contributed by atoms with Crippen molar-refractivity contribution in [1.29, 1.82) is 0 Å². The highest BCUT2D eigenvalue weighted by molar-refractivity contribution is 6.04. The van der Waals surface area contributed by atoms with Gasteiger partial charge in [-0.15, -0.1) is 0 Å². The predicted octanol–water partition coefficient (Wildman–Crippen LogP) is 3.83. The summed E-state index contributed by atoms with van der Waals surface area (Å²) in [5.74, 6) is -0.972. The van der Waals surface area contributed by atoms with Gasteiger partial charge in [0.15, 0.2) is 5.76 Å². The number of carbonyl (C=O) groups excluding carboxylic acids is 3. The molecule has 3 N–H and O–H groups in total. The third-order valence-corrected chi connectivity index (χ3v) is 4.65. The molecule has 0 unspecified atom stereocenters. The normalized spacial score (nSPS) is 10.4. The van der Waals surface area contributed by atoms with Crippen molar-refractivity contribution in [2.24, 2.45) is 0 Å². The molecule has 3 amide bonds. The van der Waals surface area contributed by atoms with Crippen LogP contribution in [0.2, 0.25) is 0 Å². The Bertz CT molecular complexity index is 1070. The third-order valence-electron chi connectivity index (χ3n) is 4.65. The lowest BCUT2D eigenvalue weighted by Crippen LogP contribution is -2.33. The van der Waals surface area contributed by atoms with Gasteiger partial charge in [-0.25, -0.2) is 0 Å². The zero-order chi connectivity index (χ0) is 21.7. The van der Waals surface area contributed by atoms with Crippen molar-refractivity contribution >= 4 is 29.1 Å². The average Bonchev–Trinajstić information content (AvgIpc) is 3.26. The molecule has 0 aliphatic carbocycles. The molecule has 30 heavy (non-hydrogen) atoms. The first kappa shape index (κ1) is 20.9. The van der Waals surface area contributed by atoms with Crippen LogP contribution in [0.1, 0.15) is 37.6 Å². The Morgan fingerprint density at radius 2 is 1.57 bits per heavy atom. The van der Waals surface area contributed by atoms with E-state index in [1.165, 1.54) is 6.26 Å². The van der Waals surface area contributed by atoms with Gasteiger partial charge in [-0.2, -0.15) is 0 Å². The Kier molecular flexibility index (Phi) is 6.32. The van der Waals surface area contributed by atoms with Crippen LogP contribution in [0.4, 0.5) is 11.4 Å². The molecule has 0 saturated carbocycles. The molecule has 3 aromatic rings. The molecule has 1 heterocycles. The number of aryl methyl sites for hydroxylation is 3. The summed E-state index contributed by atoms with van der Waals surface area (Å²) in [6, 6.07) is 13.8. The van der Waals surface area contributed by atoms with Crippen LogP contribution in [-0.2, 0) is 4.79 Å². The van der Waals surface area contributed by atoms with E-state index in [0.717, 1.165) is 22.4 Å². The Morgan fingerprint density at radius 1 is 0.833 bits per heavy atom. The summed E-state index contributed by atoms with van der Waals surface area (Å²) in [5.41, 5.74) is 4.25. The monoisotopic (exact) mass is 405 g/mol. The fraction of sp³-hybridized carbons (Fsp3) is 0.174. The zero-order valence-electron chi connectivity index (χ0n) is 17.0. The van der Waals surface area contributed by atoms with Crippen LogP contribution in [0.25, 0.3) is 0 Å². The Labute approximate surface area is 174 Å². The van der Waals surface area contributed by atoms with E-state index in [2.05, 4.69) is 16.0 Å². The van der Waals surface area contributed by atoms with Gasteiger partial charge in [0.25, 0.3) is 11.8 Å². The molecule has 0 radical (unpaired) electrons. The van der Waals surface area contributed by atoms with Crippen molar-refractivity contribution in [2.75, 3.05) is 17.2 Å². The number of anilines is 2. The van der Waals surface area contributed by atoms with Gasteiger partial charge in [-0.1, -0.05) is 24.3 Å². The van der Waals surface area contributed by atoms with Crippen LogP contribution < -0.4 is 16.0 Å².